The molecule has 4 nitrogen and oxygen atoms in total. The van der Waals surface area contributed by atoms with Gasteiger partial charge in [-0.15, -0.1) is 0 Å². The summed E-state index contributed by atoms with van der Waals surface area (Å²) in [6.45, 7) is 1.98. The fourth-order valence-corrected chi connectivity index (χ4v) is 2.38. The van der Waals surface area contributed by atoms with E-state index in [-0.39, 0.29) is 11.8 Å². The number of benzene rings is 1. The van der Waals surface area contributed by atoms with Crippen molar-refractivity contribution >= 4 is 17.6 Å². The van der Waals surface area contributed by atoms with Crippen molar-refractivity contribution in [1.29, 1.82) is 0 Å². The van der Waals surface area contributed by atoms with Gasteiger partial charge in [0, 0.05) is 5.02 Å². The highest BCUT2D eigenvalue weighted by atomic mass is 35.5. The number of aryl methyl sites for hydroxylation is 1. The van der Waals surface area contributed by atoms with Gasteiger partial charge in [0.05, 0.1) is 13.2 Å². The second kappa shape index (κ2) is 6.11. The van der Waals surface area contributed by atoms with Crippen LogP contribution in [0.4, 0.5) is 0 Å². The highest BCUT2D eigenvalue weighted by Gasteiger charge is 2.20. The Morgan fingerprint density at radius 1 is 1.35 bits per heavy atom. The van der Waals surface area contributed by atoms with Crippen molar-refractivity contribution in [2.24, 2.45) is 0 Å². The number of furan rings is 1. The molecule has 1 atom stereocenters. The Balaban J connectivity index is 2.37. The summed E-state index contributed by atoms with van der Waals surface area (Å²) in [5.41, 5.74) is 1.98. The lowest BCUT2D eigenvalue weighted by Gasteiger charge is -2.16. The fraction of sp³-hybridized carbons (Fsp3) is 0.267. The van der Waals surface area contributed by atoms with Gasteiger partial charge in [-0.1, -0.05) is 23.7 Å². The average molecular weight is 294 g/mol. The first-order valence-electron chi connectivity index (χ1n) is 6.18. The highest BCUT2D eigenvalue weighted by molar-refractivity contribution is 6.31. The summed E-state index contributed by atoms with van der Waals surface area (Å²) in [4.78, 5) is 11.4. The van der Waals surface area contributed by atoms with Crippen LogP contribution in [-0.4, -0.2) is 20.1 Å². The topological polar surface area (TPSA) is 51.5 Å². The summed E-state index contributed by atoms with van der Waals surface area (Å²) in [6, 6.07) is 8.93. The minimum atomic E-state index is -0.499. The van der Waals surface area contributed by atoms with Gasteiger partial charge in [-0.2, -0.15) is 0 Å². The van der Waals surface area contributed by atoms with Crippen LogP contribution in [0.1, 0.15) is 33.5 Å². The lowest BCUT2D eigenvalue weighted by molar-refractivity contribution is 0.0562. The molecule has 2 aromatic rings. The van der Waals surface area contributed by atoms with Crippen molar-refractivity contribution in [2.45, 2.75) is 13.0 Å². The Labute approximate surface area is 122 Å². The van der Waals surface area contributed by atoms with Crippen LogP contribution in [0.25, 0.3) is 0 Å². The number of nitrogens with one attached hydrogen (secondary N) is 1. The Hall–Kier alpha value is -1.78. The first-order chi connectivity index (χ1) is 9.56. The van der Waals surface area contributed by atoms with Crippen LogP contribution < -0.4 is 5.32 Å². The molecule has 1 N–H and O–H groups in total. The maximum Gasteiger partial charge on any atom is 0.373 e. The quantitative estimate of drug-likeness (QED) is 0.879. The number of methoxy groups -OCH3 is 1. The van der Waals surface area contributed by atoms with Gasteiger partial charge < -0.3 is 14.5 Å². The fourth-order valence-electron chi connectivity index (χ4n) is 2.04. The van der Waals surface area contributed by atoms with Crippen LogP contribution in [-0.2, 0) is 4.74 Å². The zero-order valence-electron chi connectivity index (χ0n) is 11.6. The molecule has 0 aliphatic rings. The van der Waals surface area contributed by atoms with E-state index in [1.807, 2.05) is 25.1 Å². The average Bonchev–Trinajstić information content (AvgIpc) is 2.90. The minimum absolute atomic E-state index is 0.172. The first-order valence-corrected chi connectivity index (χ1v) is 6.56. The molecule has 0 saturated heterocycles. The van der Waals surface area contributed by atoms with Gasteiger partial charge in [0.2, 0.25) is 5.76 Å². The second-order valence-electron chi connectivity index (χ2n) is 4.44. The summed E-state index contributed by atoms with van der Waals surface area (Å²) in [5.74, 6) is 0.283. The normalized spacial score (nSPS) is 12.2. The third kappa shape index (κ3) is 2.86. The van der Waals surface area contributed by atoms with Crippen molar-refractivity contribution in [3.63, 3.8) is 0 Å². The SMILES string of the molecule is CNC(c1ccc(C(=O)OC)o1)c1ccc(C)cc1Cl. The van der Waals surface area contributed by atoms with Crippen molar-refractivity contribution in [2.75, 3.05) is 14.2 Å². The molecule has 0 aliphatic carbocycles. The second-order valence-corrected chi connectivity index (χ2v) is 4.85. The number of ether oxygens (including phenoxy) is 1. The van der Waals surface area contributed by atoms with Crippen LogP contribution in [0, 0.1) is 6.92 Å². The lowest BCUT2D eigenvalue weighted by Crippen LogP contribution is -2.17. The molecule has 0 spiro atoms. The van der Waals surface area contributed by atoms with Crippen LogP contribution in [0.5, 0.6) is 0 Å². The Morgan fingerprint density at radius 2 is 2.10 bits per heavy atom. The van der Waals surface area contributed by atoms with Gasteiger partial charge in [-0.25, -0.2) is 4.79 Å². The van der Waals surface area contributed by atoms with Gasteiger partial charge >= 0.3 is 5.97 Å². The van der Waals surface area contributed by atoms with Crippen LogP contribution >= 0.6 is 11.6 Å². The third-order valence-electron chi connectivity index (χ3n) is 3.05. The zero-order valence-corrected chi connectivity index (χ0v) is 12.3. The summed E-state index contributed by atoms with van der Waals surface area (Å²) in [7, 11) is 3.12. The molecule has 2 rings (SSSR count). The number of carbonyl (C=O) groups is 1. The molecule has 106 valence electrons. The van der Waals surface area contributed by atoms with E-state index in [0.717, 1.165) is 11.1 Å². The molecular formula is C15H16ClNO3. The van der Waals surface area contributed by atoms with Crippen molar-refractivity contribution < 1.29 is 13.9 Å². The van der Waals surface area contributed by atoms with E-state index in [0.29, 0.717) is 10.8 Å². The number of esters is 1. The third-order valence-corrected chi connectivity index (χ3v) is 3.38. The van der Waals surface area contributed by atoms with Crippen molar-refractivity contribution in [3.05, 3.63) is 58.0 Å². The van der Waals surface area contributed by atoms with E-state index in [2.05, 4.69) is 10.1 Å². The highest BCUT2D eigenvalue weighted by Crippen LogP contribution is 2.30. The van der Waals surface area contributed by atoms with E-state index >= 15 is 0 Å². The van der Waals surface area contributed by atoms with Crippen LogP contribution in [0.2, 0.25) is 5.02 Å². The maximum absolute atomic E-state index is 11.4. The van der Waals surface area contributed by atoms with E-state index in [9.17, 15) is 4.79 Å². The van der Waals surface area contributed by atoms with E-state index < -0.39 is 5.97 Å². The number of hydrogen-bond acceptors (Lipinski definition) is 4. The molecule has 0 aliphatic heterocycles. The zero-order chi connectivity index (χ0) is 14.7. The molecule has 0 fully saturated rings. The standard InChI is InChI=1S/C15H16ClNO3/c1-9-4-5-10(11(16)8-9)14(17-2)12-6-7-13(20-12)15(18)19-3/h4-8,14,17H,1-3H3. The number of halogens is 1. The lowest BCUT2D eigenvalue weighted by atomic mass is 10.0. The van der Waals surface area contributed by atoms with Crippen LogP contribution in [0.15, 0.2) is 34.7 Å². The van der Waals surface area contributed by atoms with Crippen LogP contribution in [0.3, 0.4) is 0 Å². The maximum atomic E-state index is 11.4. The number of hydrogen-bond donors (Lipinski definition) is 1. The predicted octanol–water partition coefficient (Wildman–Crippen LogP) is 3.34. The largest absolute Gasteiger partial charge is 0.463 e. The molecule has 0 saturated carbocycles. The molecular weight excluding hydrogens is 278 g/mol. The summed E-state index contributed by atoms with van der Waals surface area (Å²) in [5, 5.41) is 3.79. The number of carbonyl (C=O) groups excluding carboxylic acids is 1. The van der Waals surface area contributed by atoms with Crippen molar-refractivity contribution in [1.82, 2.24) is 5.32 Å². The molecule has 0 amide bonds. The van der Waals surface area contributed by atoms with Crippen molar-refractivity contribution in [3.8, 4) is 0 Å². The molecule has 1 aromatic heterocycles. The molecule has 5 heteroatoms. The van der Waals surface area contributed by atoms with E-state index in [1.54, 1.807) is 19.2 Å². The van der Waals surface area contributed by atoms with Gasteiger partial charge in [0.15, 0.2) is 0 Å². The molecule has 1 unspecified atom stereocenters. The Morgan fingerprint density at radius 3 is 2.70 bits per heavy atom. The number of rotatable bonds is 4. The summed E-state index contributed by atoms with van der Waals surface area (Å²) >= 11 is 6.28. The monoisotopic (exact) mass is 293 g/mol. The summed E-state index contributed by atoms with van der Waals surface area (Å²) in [6.07, 6.45) is 0. The smallest absolute Gasteiger partial charge is 0.373 e. The predicted molar refractivity (Wildman–Crippen MR) is 77.1 cm³/mol. The molecule has 1 heterocycles. The minimum Gasteiger partial charge on any atom is -0.463 e. The summed E-state index contributed by atoms with van der Waals surface area (Å²) < 4.78 is 10.2. The molecule has 0 radical (unpaired) electrons. The van der Waals surface area contributed by atoms with Gasteiger partial charge in [0.1, 0.15) is 5.76 Å². The Bertz CT molecular complexity index is 621. The molecule has 20 heavy (non-hydrogen) atoms. The first kappa shape index (κ1) is 14.6. The van der Waals surface area contributed by atoms with E-state index in [1.165, 1.54) is 7.11 Å². The van der Waals surface area contributed by atoms with E-state index in [4.69, 9.17) is 16.0 Å². The van der Waals surface area contributed by atoms with Gasteiger partial charge in [-0.05, 0) is 43.3 Å². The van der Waals surface area contributed by atoms with Gasteiger partial charge in [-0.3, -0.25) is 0 Å². The van der Waals surface area contributed by atoms with Gasteiger partial charge in [0.25, 0.3) is 0 Å². The Kier molecular flexibility index (Phi) is 4.47. The molecule has 0 bridgehead atoms. The molecule has 1 aromatic carbocycles.